The molecule has 0 radical (unpaired) electrons. The second-order valence-electron chi connectivity index (χ2n) is 3.90. The highest BCUT2D eigenvalue weighted by molar-refractivity contribution is 5.94. The summed E-state index contributed by atoms with van der Waals surface area (Å²) in [5.74, 6) is -0.318. The van der Waals surface area contributed by atoms with Crippen molar-refractivity contribution in [2.24, 2.45) is 5.73 Å². The molecule has 0 aliphatic heterocycles. The summed E-state index contributed by atoms with van der Waals surface area (Å²) >= 11 is 0. The standard InChI is InChI=1S/C12H19N3O3/c1-3-6-15-8-9(4-5-11(15)16)14-12(17)10(7-13)18-2/h4-5,8,10H,3,6-7,13H2,1-2H3,(H,14,17). The average molecular weight is 253 g/mol. The zero-order valence-corrected chi connectivity index (χ0v) is 10.7. The molecule has 0 spiro atoms. The lowest BCUT2D eigenvalue weighted by Gasteiger charge is -2.14. The molecule has 1 aromatic heterocycles. The SMILES string of the molecule is CCCn1cc(NC(=O)C(CN)OC)ccc1=O. The van der Waals surface area contributed by atoms with Gasteiger partial charge in [-0.2, -0.15) is 0 Å². The number of amides is 1. The van der Waals surface area contributed by atoms with Crippen LogP contribution in [-0.4, -0.2) is 30.2 Å². The van der Waals surface area contributed by atoms with E-state index < -0.39 is 6.10 Å². The summed E-state index contributed by atoms with van der Waals surface area (Å²) in [4.78, 5) is 23.2. The Balaban J connectivity index is 2.82. The first kappa shape index (κ1) is 14.4. The van der Waals surface area contributed by atoms with E-state index in [1.165, 1.54) is 13.2 Å². The molecule has 6 nitrogen and oxygen atoms in total. The van der Waals surface area contributed by atoms with E-state index in [0.717, 1.165) is 6.42 Å². The Bertz CT molecular complexity index is 452. The molecular formula is C12H19N3O3. The predicted octanol–water partition coefficient (Wildman–Crippen LogP) is 0.171. The molecule has 6 heteroatoms. The molecule has 1 amide bonds. The first-order valence-corrected chi connectivity index (χ1v) is 5.86. The number of nitrogens with one attached hydrogen (secondary N) is 1. The molecule has 1 unspecified atom stereocenters. The van der Waals surface area contributed by atoms with Gasteiger partial charge in [-0.15, -0.1) is 0 Å². The van der Waals surface area contributed by atoms with Crippen LogP contribution in [-0.2, 0) is 16.1 Å². The van der Waals surface area contributed by atoms with Gasteiger partial charge in [0.25, 0.3) is 11.5 Å². The number of rotatable bonds is 6. The van der Waals surface area contributed by atoms with Crippen LogP contribution in [0, 0.1) is 0 Å². The zero-order valence-electron chi connectivity index (χ0n) is 10.7. The Morgan fingerprint density at radius 2 is 2.28 bits per heavy atom. The van der Waals surface area contributed by atoms with Crippen molar-refractivity contribution in [3.05, 3.63) is 28.7 Å². The second-order valence-corrected chi connectivity index (χ2v) is 3.90. The number of anilines is 1. The molecule has 100 valence electrons. The smallest absolute Gasteiger partial charge is 0.254 e. The van der Waals surface area contributed by atoms with Gasteiger partial charge in [-0.25, -0.2) is 0 Å². The minimum Gasteiger partial charge on any atom is -0.370 e. The lowest BCUT2D eigenvalue weighted by molar-refractivity contribution is -0.125. The fraction of sp³-hybridized carbons (Fsp3) is 0.500. The molecule has 0 aliphatic rings. The molecule has 18 heavy (non-hydrogen) atoms. The largest absolute Gasteiger partial charge is 0.370 e. The van der Waals surface area contributed by atoms with E-state index in [1.807, 2.05) is 6.92 Å². The van der Waals surface area contributed by atoms with Crippen LogP contribution in [0.2, 0.25) is 0 Å². The van der Waals surface area contributed by atoms with Crippen LogP contribution in [0.5, 0.6) is 0 Å². The topological polar surface area (TPSA) is 86.3 Å². The minimum atomic E-state index is -0.684. The maximum Gasteiger partial charge on any atom is 0.254 e. The fourth-order valence-electron chi connectivity index (χ4n) is 1.55. The van der Waals surface area contributed by atoms with Crippen molar-refractivity contribution in [1.29, 1.82) is 0 Å². The quantitative estimate of drug-likeness (QED) is 0.756. The number of aromatic nitrogens is 1. The number of carbonyl (C=O) groups is 1. The van der Waals surface area contributed by atoms with Crippen molar-refractivity contribution in [2.75, 3.05) is 19.0 Å². The van der Waals surface area contributed by atoms with Gasteiger partial charge in [0.2, 0.25) is 0 Å². The molecular weight excluding hydrogens is 234 g/mol. The third-order valence-corrected chi connectivity index (χ3v) is 2.51. The summed E-state index contributed by atoms with van der Waals surface area (Å²) < 4.78 is 6.48. The Morgan fingerprint density at radius 1 is 1.56 bits per heavy atom. The first-order valence-electron chi connectivity index (χ1n) is 5.86. The third-order valence-electron chi connectivity index (χ3n) is 2.51. The highest BCUT2D eigenvalue weighted by Crippen LogP contribution is 2.05. The van der Waals surface area contributed by atoms with E-state index in [0.29, 0.717) is 12.2 Å². The van der Waals surface area contributed by atoms with Gasteiger partial charge < -0.3 is 20.4 Å². The van der Waals surface area contributed by atoms with Crippen LogP contribution < -0.4 is 16.6 Å². The highest BCUT2D eigenvalue weighted by Gasteiger charge is 2.15. The highest BCUT2D eigenvalue weighted by atomic mass is 16.5. The van der Waals surface area contributed by atoms with Crippen molar-refractivity contribution in [3.8, 4) is 0 Å². The summed E-state index contributed by atoms with van der Waals surface area (Å²) in [5.41, 5.74) is 5.87. The molecule has 0 saturated carbocycles. The van der Waals surface area contributed by atoms with E-state index in [4.69, 9.17) is 10.5 Å². The molecule has 1 atom stereocenters. The molecule has 0 aliphatic carbocycles. The molecule has 0 saturated heterocycles. The molecule has 1 rings (SSSR count). The number of carbonyl (C=O) groups excluding carboxylic acids is 1. The van der Waals surface area contributed by atoms with Crippen LogP contribution >= 0.6 is 0 Å². The van der Waals surface area contributed by atoms with Gasteiger partial charge in [0.15, 0.2) is 0 Å². The molecule has 1 heterocycles. The summed E-state index contributed by atoms with van der Waals surface area (Å²) in [6, 6.07) is 2.99. The van der Waals surface area contributed by atoms with Crippen LogP contribution in [0.4, 0.5) is 5.69 Å². The van der Waals surface area contributed by atoms with Crippen molar-refractivity contribution >= 4 is 11.6 Å². The van der Waals surface area contributed by atoms with Crippen LogP contribution in [0.15, 0.2) is 23.1 Å². The fourth-order valence-corrected chi connectivity index (χ4v) is 1.55. The number of nitrogens with two attached hydrogens (primary N) is 1. The van der Waals surface area contributed by atoms with Crippen molar-refractivity contribution in [1.82, 2.24) is 4.57 Å². The number of aryl methyl sites for hydroxylation is 1. The van der Waals surface area contributed by atoms with E-state index in [9.17, 15) is 9.59 Å². The van der Waals surface area contributed by atoms with Crippen molar-refractivity contribution in [2.45, 2.75) is 26.0 Å². The Labute approximate surface area is 106 Å². The van der Waals surface area contributed by atoms with E-state index in [2.05, 4.69) is 5.32 Å². The number of pyridine rings is 1. The van der Waals surface area contributed by atoms with Gasteiger partial charge in [0.05, 0.1) is 5.69 Å². The zero-order chi connectivity index (χ0) is 13.5. The molecule has 1 aromatic rings. The molecule has 0 bridgehead atoms. The number of ether oxygens (including phenoxy) is 1. The van der Waals surface area contributed by atoms with Crippen LogP contribution in [0.25, 0.3) is 0 Å². The van der Waals surface area contributed by atoms with Gasteiger partial charge in [-0.1, -0.05) is 6.92 Å². The monoisotopic (exact) mass is 253 g/mol. The Morgan fingerprint density at radius 3 is 2.83 bits per heavy atom. The Kier molecular flexibility index (Phi) is 5.54. The van der Waals surface area contributed by atoms with Crippen LogP contribution in [0.3, 0.4) is 0 Å². The first-order chi connectivity index (χ1) is 8.62. The van der Waals surface area contributed by atoms with Gasteiger partial charge >= 0.3 is 0 Å². The third kappa shape index (κ3) is 3.68. The summed E-state index contributed by atoms with van der Waals surface area (Å²) in [5, 5.41) is 2.67. The van der Waals surface area contributed by atoms with E-state index >= 15 is 0 Å². The van der Waals surface area contributed by atoms with Crippen LogP contribution in [0.1, 0.15) is 13.3 Å². The molecule has 3 N–H and O–H groups in total. The predicted molar refractivity (Wildman–Crippen MR) is 69.5 cm³/mol. The number of methoxy groups -OCH3 is 1. The average Bonchev–Trinajstić information content (AvgIpc) is 2.35. The maximum atomic E-state index is 11.7. The number of hydrogen-bond donors (Lipinski definition) is 2. The van der Waals surface area contributed by atoms with Crippen molar-refractivity contribution < 1.29 is 9.53 Å². The van der Waals surface area contributed by atoms with Gasteiger partial charge in [0.1, 0.15) is 6.10 Å². The van der Waals surface area contributed by atoms with Crippen molar-refractivity contribution in [3.63, 3.8) is 0 Å². The number of hydrogen-bond acceptors (Lipinski definition) is 4. The second kappa shape index (κ2) is 6.93. The minimum absolute atomic E-state index is 0.0861. The van der Waals surface area contributed by atoms with Gasteiger partial charge in [0, 0.05) is 32.5 Å². The van der Waals surface area contributed by atoms with E-state index in [-0.39, 0.29) is 18.0 Å². The normalized spacial score (nSPS) is 12.2. The maximum absolute atomic E-state index is 11.7. The lowest BCUT2D eigenvalue weighted by atomic mass is 10.3. The summed E-state index contributed by atoms with van der Waals surface area (Å²) in [6.07, 6.45) is 1.78. The van der Waals surface area contributed by atoms with Gasteiger partial charge in [-0.3, -0.25) is 9.59 Å². The Hall–Kier alpha value is -1.66. The molecule has 0 aromatic carbocycles. The lowest BCUT2D eigenvalue weighted by Crippen LogP contribution is -2.36. The molecule has 0 fully saturated rings. The van der Waals surface area contributed by atoms with Gasteiger partial charge in [-0.05, 0) is 12.5 Å². The van der Waals surface area contributed by atoms with E-state index in [1.54, 1.807) is 16.8 Å². The summed E-state index contributed by atoms with van der Waals surface area (Å²) in [6.45, 7) is 2.71. The summed E-state index contributed by atoms with van der Waals surface area (Å²) in [7, 11) is 1.43. The number of nitrogens with zero attached hydrogens (tertiary/aromatic N) is 1.